The third-order valence-electron chi connectivity index (χ3n) is 4.01. The van der Waals surface area contributed by atoms with Gasteiger partial charge in [-0.3, -0.25) is 0 Å². The number of nitrogens with zero attached hydrogens (tertiary/aromatic N) is 2. The van der Waals surface area contributed by atoms with Gasteiger partial charge in [-0.25, -0.2) is 4.98 Å². The van der Waals surface area contributed by atoms with E-state index in [4.69, 9.17) is 0 Å². The number of anilines is 1. The van der Waals surface area contributed by atoms with Gasteiger partial charge >= 0.3 is 6.18 Å². The lowest BCUT2D eigenvalue weighted by molar-refractivity contribution is -0.137. The molecule has 0 N–H and O–H groups in total. The normalized spacial score (nSPS) is 26.6. The van der Waals surface area contributed by atoms with Gasteiger partial charge in [-0.1, -0.05) is 12.2 Å². The fourth-order valence-corrected chi connectivity index (χ4v) is 3.06. The van der Waals surface area contributed by atoms with Gasteiger partial charge in [-0.2, -0.15) is 13.2 Å². The highest BCUT2D eigenvalue weighted by molar-refractivity contribution is 5.49. The molecule has 1 aliphatic heterocycles. The maximum absolute atomic E-state index is 13.0. The first kappa shape index (κ1) is 12.5. The van der Waals surface area contributed by atoms with Crippen LogP contribution in [0, 0.1) is 11.8 Å². The number of hydrogen-bond donors (Lipinski definition) is 0. The summed E-state index contributed by atoms with van der Waals surface area (Å²) in [4.78, 5) is 5.77. The van der Waals surface area contributed by atoms with E-state index in [1.54, 1.807) is 4.90 Å². The molecule has 102 valence electrons. The van der Waals surface area contributed by atoms with E-state index in [2.05, 4.69) is 17.1 Å². The average Bonchev–Trinajstić information content (AvgIpc) is 2.81. The maximum atomic E-state index is 13.0. The molecule has 0 amide bonds. The molecule has 1 fully saturated rings. The molecule has 5 heteroatoms. The van der Waals surface area contributed by atoms with E-state index in [0.717, 1.165) is 18.9 Å². The lowest BCUT2D eigenvalue weighted by atomic mass is 9.86. The molecule has 0 spiro atoms. The number of hydrogen-bond acceptors (Lipinski definition) is 2. The molecule has 2 unspecified atom stereocenters. The van der Waals surface area contributed by atoms with E-state index in [0.29, 0.717) is 24.9 Å². The number of alkyl halides is 3. The molecule has 2 aliphatic rings. The van der Waals surface area contributed by atoms with Crippen molar-refractivity contribution in [3.63, 3.8) is 0 Å². The van der Waals surface area contributed by atoms with Crippen LogP contribution in [0.4, 0.5) is 19.0 Å². The molecule has 2 heterocycles. The third-order valence-corrected chi connectivity index (χ3v) is 4.01. The molecule has 19 heavy (non-hydrogen) atoms. The van der Waals surface area contributed by atoms with Crippen LogP contribution in [0.2, 0.25) is 0 Å². The molecule has 1 aromatic heterocycles. The zero-order chi connectivity index (χ0) is 13.5. The summed E-state index contributed by atoms with van der Waals surface area (Å²) in [6.07, 6.45) is 3.30. The van der Waals surface area contributed by atoms with Crippen LogP contribution < -0.4 is 4.90 Å². The number of pyridine rings is 1. The Kier molecular flexibility index (Phi) is 2.99. The molecular weight excluding hydrogens is 253 g/mol. The topological polar surface area (TPSA) is 16.1 Å². The van der Waals surface area contributed by atoms with Crippen molar-refractivity contribution in [1.82, 2.24) is 4.98 Å². The minimum absolute atomic E-state index is 0.0874. The average molecular weight is 268 g/mol. The summed E-state index contributed by atoms with van der Waals surface area (Å²) >= 11 is 0. The summed E-state index contributed by atoms with van der Waals surface area (Å²) in [7, 11) is 0. The second-order valence-corrected chi connectivity index (χ2v) is 5.24. The first-order valence-corrected chi connectivity index (χ1v) is 6.48. The van der Waals surface area contributed by atoms with Crippen LogP contribution in [-0.2, 0) is 6.18 Å². The minimum atomic E-state index is -4.34. The van der Waals surface area contributed by atoms with Crippen LogP contribution in [0.3, 0.4) is 0 Å². The van der Waals surface area contributed by atoms with Crippen molar-refractivity contribution in [3.05, 3.63) is 36.0 Å². The predicted molar refractivity (Wildman–Crippen MR) is 66.8 cm³/mol. The molecule has 0 bridgehead atoms. The van der Waals surface area contributed by atoms with E-state index in [1.165, 1.54) is 12.3 Å². The molecule has 1 saturated heterocycles. The minimum Gasteiger partial charge on any atom is -0.356 e. The number of halogens is 3. The van der Waals surface area contributed by atoms with Crippen molar-refractivity contribution >= 4 is 5.82 Å². The van der Waals surface area contributed by atoms with Crippen LogP contribution in [0.25, 0.3) is 0 Å². The lowest BCUT2D eigenvalue weighted by Crippen LogP contribution is -2.24. The van der Waals surface area contributed by atoms with Crippen molar-refractivity contribution in [2.24, 2.45) is 11.8 Å². The third kappa shape index (κ3) is 2.33. The Labute approximate surface area is 109 Å². The highest BCUT2D eigenvalue weighted by atomic mass is 19.4. The van der Waals surface area contributed by atoms with Crippen LogP contribution in [0.1, 0.15) is 18.4 Å². The number of rotatable bonds is 1. The van der Waals surface area contributed by atoms with E-state index in [1.807, 2.05) is 0 Å². The molecule has 3 rings (SSSR count). The first-order chi connectivity index (χ1) is 9.05. The van der Waals surface area contributed by atoms with Gasteiger partial charge in [0.1, 0.15) is 5.82 Å². The van der Waals surface area contributed by atoms with E-state index in [-0.39, 0.29) is 5.82 Å². The molecule has 1 aromatic rings. The van der Waals surface area contributed by atoms with Crippen LogP contribution in [0.5, 0.6) is 0 Å². The van der Waals surface area contributed by atoms with Gasteiger partial charge in [0.2, 0.25) is 0 Å². The van der Waals surface area contributed by atoms with E-state index in [9.17, 15) is 13.2 Å². The SMILES string of the molecule is FC(F)(F)c1cccnc1N1CC2CC=CCC2C1. The van der Waals surface area contributed by atoms with Crippen LogP contribution in [0.15, 0.2) is 30.5 Å². The molecular formula is C14H15F3N2. The molecule has 0 radical (unpaired) electrons. The van der Waals surface area contributed by atoms with E-state index >= 15 is 0 Å². The largest absolute Gasteiger partial charge is 0.419 e. The van der Waals surface area contributed by atoms with Gasteiger partial charge in [0, 0.05) is 19.3 Å². The van der Waals surface area contributed by atoms with Gasteiger partial charge in [0.15, 0.2) is 0 Å². The first-order valence-electron chi connectivity index (χ1n) is 6.48. The van der Waals surface area contributed by atoms with Crippen molar-refractivity contribution in [1.29, 1.82) is 0 Å². The summed E-state index contributed by atoms with van der Waals surface area (Å²) in [6.45, 7) is 1.35. The van der Waals surface area contributed by atoms with Gasteiger partial charge in [0.25, 0.3) is 0 Å². The standard InChI is InChI=1S/C14H15F3N2/c15-14(16,17)12-6-3-7-18-13(12)19-8-10-4-1-2-5-11(10)9-19/h1-3,6-7,10-11H,4-5,8-9H2. The number of aromatic nitrogens is 1. The van der Waals surface area contributed by atoms with Crippen LogP contribution in [-0.4, -0.2) is 18.1 Å². The Morgan fingerprint density at radius 3 is 2.32 bits per heavy atom. The van der Waals surface area contributed by atoms with Gasteiger partial charge in [-0.15, -0.1) is 0 Å². The maximum Gasteiger partial charge on any atom is 0.419 e. The van der Waals surface area contributed by atoms with Gasteiger partial charge < -0.3 is 4.90 Å². The molecule has 0 aromatic carbocycles. The Balaban J connectivity index is 1.88. The molecule has 2 atom stereocenters. The second kappa shape index (κ2) is 4.54. The monoisotopic (exact) mass is 268 g/mol. The Morgan fingerprint density at radius 1 is 1.11 bits per heavy atom. The summed E-state index contributed by atoms with van der Waals surface area (Å²) in [5.41, 5.74) is -0.624. The molecule has 2 nitrogen and oxygen atoms in total. The summed E-state index contributed by atoms with van der Waals surface area (Å²) in [5, 5.41) is 0. The Bertz CT molecular complexity index is 480. The lowest BCUT2D eigenvalue weighted by Gasteiger charge is -2.21. The van der Waals surface area contributed by atoms with Crippen molar-refractivity contribution in [2.45, 2.75) is 19.0 Å². The zero-order valence-electron chi connectivity index (χ0n) is 10.4. The predicted octanol–water partition coefficient (Wildman–Crippen LogP) is 3.50. The fourth-order valence-electron chi connectivity index (χ4n) is 3.06. The van der Waals surface area contributed by atoms with Crippen molar-refractivity contribution < 1.29 is 13.2 Å². The fraction of sp³-hybridized carbons (Fsp3) is 0.500. The highest BCUT2D eigenvalue weighted by Crippen LogP contribution is 2.40. The molecule has 0 saturated carbocycles. The Morgan fingerprint density at radius 2 is 1.74 bits per heavy atom. The number of allylic oxidation sites excluding steroid dienone is 2. The smallest absolute Gasteiger partial charge is 0.356 e. The second-order valence-electron chi connectivity index (χ2n) is 5.24. The highest BCUT2D eigenvalue weighted by Gasteiger charge is 2.39. The Hall–Kier alpha value is -1.52. The summed E-state index contributed by atoms with van der Waals surface area (Å²) in [6, 6.07) is 2.46. The number of fused-ring (bicyclic) bond motifs is 1. The van der Waals surface area contributed by atoms with E-state index < -0.39 is 11.7 Å². The van der Waals surface area contributed by atoms with Crippen molar-refractivity contribution in [2.75, 3.05) is 18.0 Å². The van der Waals surface area contributed by atoms with Crippen LogP contribution >= 0.6 is 0 Å². The van der Waals surface area contributed by atoms with Gasteiger partial charge in [0.05, 0.1) is 5.56 Å². The zero-order valence-corrected chi connectivity index (χ0v) is 10.4. The summed E-state index contributed by atoms with van der Waals surface area (Å²) in [5.74, 6) is 1.02. The molecule has 1 aliphatic carbocycles. The quantitative estimate of drug-likeness (QED) is 0.725. The van der Waals surface area contributed by atoms with Gasteiger partial charge in [-0.05, 0) is 36.8 Å². The summed E-state index contributed by atoms with van der Waals surface area (Å²) < 4.78 is 39.0. The van der Waals surface area contributed by atoms with Crippen molar-refractivity contribution in [3.8, 4) is 0 Å².